The monoisotopic (exact) mass is 446 g/mol. The van der Waals surface area contributed by atoms with Crippen LogP contribution in [-0.4, -0.2) is 30.4 Å². The SMILES string of the molecule is Cl.O=C(N[C@H](CN1CCCC1)c1ccccc1)C1(c2ccccc2)CCCCC1.S. The van der Waals surface area contributed by atoms with Crippen LogP contribution in [0.4, 0.5) is 0 Å². The summed E-state index contributed by atoms with van der Waals surface area (Å²) in [6.45, 7) is 3.19. The summed E-state index contributed by atoms with van der Waals surface area (Å²) in [5.41, 5.74) is 2.01. The largest absolute Gasteiger partial charge is 0.347 e. The van der Waals surface area contributed by atoms with E-state index in [2.05, 4.69) is 58.7 Å². The number of halogens is 1. The molecule has 164 valence electrons. The third kappa shape index (κ3) is 5.60. The molecule has 3 nitrogen and oxygen atoms in total. The van der Waals surface area contributed by atoms with E-state index in [0.29, 0.717) is 0 Å². The van der Waals surface area contributed by atoms with Crippen LogP contribution < -0.4 is 5.32 Å². The Bertz CT molecular complexity index is 759. The van der Waals surface area contributed by atoms with Gasteiger partial charge >= 0.3 is 0 Å². The molecule has 1 saturated heterocycles. The molecular formula is C25H35ClN2OS. The topological polar surface area (TPSA) is 32.3 Å². The van der Waals surface area contributed by atoms with Crippen LogP contribution in [0.3, 0.4) is 0 Å². The number of carbonyl (C=O) groups excluding carboxylic acids is 1. The van der Waals surface area contributed by atoms with Gasteiger partial charge in [0.2, 0.25) is 5.91 Å². The smallest absolute Gasteiger partial charge is 0.231 e. The molecule has 0 aromatic heterocycles. The normalized spacial score (nSPS) is 19.2. The Balaban J connectivity index is 0.00000160. The lowest BCUT2D eigenvalue weighted by Gasteiger charge is -2.38. The highest BCUT2D eigenvalue weighted by molar-refractivity contribution is 7.59. The van der Waals surface area contributed by atoms with E-state index in [0.717, 1.165) is 45.3 Å². The first-order valence-corrected chi connectivity index (χ1v) is 10.9. The van der Waals surface area contributed by atoms with Crippen molar-refractivity contribution in [2.45, 2.75) is 56.4 Å². The van der Waals surface area contributed by atoms with E-state index >= 15 is 0 Å². The van der Waals surface area contributed by atoms with Gasteiger partial charge in [-0.3, -0.25) is 4.79 Å². The first-order valence-electron chi connectivity index (χ1n) is 10.9. The van der Waals surface area contributed by atoms with Crippen molar-refractivity contribution in [1.82, 2.24) is 10.2 Å². The van der Waals surface area contributed by atoms with Crippen molar-refractivity contribution in [3.8, 4) is 0 Å². The van der Waals surface area contributed by atoms with E-state index < -0.39 is 0 Å². The molecule has 0 unspecified atom stereocenters. The van der Waals surface area contributed by atoms with Gasteiger partial charge in [-0.2, -0.15) is 13.5 Å². The minimum atomic E-state index is -0.377. The highest BCUT2D eigenvalue weighted by Crippen LogP contribution is 2.40. The molecule has 5 heteroatoms. The van der Waals surface area contributed by atoms with Crippen LogP contribution in [0.2, 0.25) is 0 Å². The van der Waals surface area contributed by atoms with Crippen LogP contribution >= 0.6 is 25.9 Å². The quantitative estimate of drug-likeness (QED) is 0.646. The van der Waals surface area contributed by atoms with E-state index in [1.807, 2.05) is 12.1 Å². The molecule has 1 aliphatic heterocycles. The van der Waals surface area contributed by atoms with Crippen molar-refractivity contribution >= 4 is 31.8 Å². The summed E-state index contributed by atoms with van der Waals surface area (Å²) in [6.07, 6.45) is 7.93. The predicted octanol–water partition coefficient (Wildman–Crippen LogP) is 5.38. The molecule has 1 amide bonds. The summed E-state index contributed by atoms with van der Waals surface area (Å²) < 4.78 is 0. The van der Waals surface area contributed by atoms with Crippen LogP contribution in [0.5, 0.6) is 0 Å². The lowest BCUT2D eigenvalue weighted by molar-refractivity contribution is -0.129. The van der Waals surface area contributed by atoms with Crippen molar-refractivity contribution < 1.29 is 4.79 Å². The predicted molar refractivity (Wildman–Crippen MR) is 132 cm³/mol. The van der Waals surface area contributed by atoms with E-state index in [4.69, 9.17) is 0 Å². The lowest BCUT2D eigenvalue weighted by atomic mass is 9.68. The molecule has 2 aliphatic rings. The molecule has 2 aromatic carbocycles. The van der Waals surface area contributed by atoms with Crippen molar-refractivity contribution in [1.29, 1.82) is 0 Å². The van der Waals surface area contributed by atoms with Gasteiger partial charge in [-0.15, -0.1) is 12.4 Å². The molecule has 1 heterocycles. The molecule has 2 aromatic rings. The van der Waals surface area contributed by atoms with Crippen LogP contribution in [-0.2, 0) is 10.2 Å². The minimum Gasteiger partial charge on any atom is -0.347 e. The maximum atomic E-state index is 13.7. The Kier molecular flexibility index (Phi) is 9.73. The average molecular weight is 447 g/mol. The van der Waals surface area contributed by atoms with Gasteiger partial charge in [-0.25, -0.2) is 0 Å². The summed E-state index contributed by atoms with van der Waals surface area (Å²) in [5.74, 6) is 0.214. The maximum absolute atomic E-state index is 13.7. The van der Waals surface area contributed by atoms with Gasteiger partial charge in [0.15, 0.2) is 0 Å². The highest BCUT2D eigenvalue weighted by atomic mass is 35.5. The van der Waals surface area contributed by atoms with E-state index in [1.54, 1.807) is 0 Å². The van der Waals surface area contributed by atoms with Gasteiger partial charge in [-0.05, 0) is 49.9 Å². The zero-order chi connectivity index (χ0) is 19.2. The zero-order valence-corrected chi connectivity index (χ0v) is 19.5. The van der Waals surface area contributed by atoms with Gasteiger partial charge in [-0.1, -0.05) is 79.9 Å². The summed E-state index contributed by atoms with van der Waals surface area (Å²) >= 11 is 0. The molecule has 0 bridgehead atoms. The van der Waals surface area contributed by atoms with Crippen molar-refractivity contribution in [3.05, 3.63) is 71.8 Å². The Morgan fingerprint density at radius 2 is 1.43 bits per heavy atom. The molecule has 0 spiro atoms. The second-order valence-corrected chi connectivity index (χ2v) is 8.45. The van der Waals surface area contributed by atoms with Crippen LogP contribution in [0.15, 0.2) is 60.7 Å². The Morgan fingerprint density at radius 3 is 2.03 bits per heavy atom. The van der Waals surface area contributed by atoms with E-state index in [-0.39, 0.29) is 43.3 Å². The van der Waals surface area contributed by atoms with Crippen LogP contribution in [0.25, 0.3) is 0 Å². The average Bonchev–Trinajstić information content (AvgIpc) is 3.28. The highest BCUT2D eigenvalue weighted by Gasteiger charge is 2.41. The molecule has 1 N–H and O–H groups in total. The lowest BCUT2D eigenvalue weighted by Crippen LogP contribution is -2.48. The summed E-state index contributed by atoms with van der Waals surface area (Å²) in [7, 11) is 0. The number of amides is 1. The number of likely N-dealkylation sites (tertiary alicyclic amines) is 1. The second kappa shape index (κ2) is 11.8. The second-order valence-electron chi connectivity index (χ2n) is 8.45. The van der Waals surface area contributed by atoms with Crippen molar-refractivity contribution in [2.24, 2.45) is 0 Å². The number of hydrogen-bond acceptors (Lipinski definition) is 2. The molecule has 1 atom stereocenters. The van der Waals surface area contributed by atoms with Gasteiger partial charge in [0.1, 0.15) is 0 Å². The number of hydrogen-bond donors (Lipinski definition) is 1. The molecule has 30 heavy (non-hydrogen) atoms. The van der Waals surface area contributed by atoms with Crippen LogP contribution in [0, 0.1) is 0 Å². The number of rotatable bonds is 6. The minimum absolute atomic E-state index is 0. The first-order chi connectivity index (χ1) is 13.8. The number of carbonyl (C=O) groups is 1. The molecule has 1 aliphatic carbocycles. The number of benzene rings is 2. The number of nitrogens with zero attached hydrogens (tertiary/aromatic N) is 1. The summed E-state index contributed by atoms with van der Waals surface area (Å²) in [4.78, 5) is 16.2. The molecule has 0 radical (unpaired) electrons. The first kappa shape index (κ1) is 24.8. The zero-order valence-electron chi connectivity index (χ0n) is 17.7. The summed E-state index contributed by atoms with van der Waals surface area (Å²) in [5, 5.41) is 3.49. The standard InChI is InChI=1S/C25H32N2O.ClH.H2S/c28-24(25(16-8-3-9-17-25)22-14-6-2-7-15-22)26-23(20-27-18-10-11-19-27)21-12-4-1-5-13-21;;/h1-2,4-7,12-15,23H,3,8-11,16-20H2,(H,26,28);1H;1H2/t23-;;/m1../s1. The van der Waals surface area contributed by atoms with Gasteiger partial charge < -0.3 is 10.2 Å². The van der Waals surface area contributed by atoms with Crippen molar-refractivity contribution in [3.63, 3.8) is 0 Å². The Morgan fingerprint density at radius 1 is 0.867 bits per heavy atom. The van der Waals surface area contributed by atoms with Gasteiger partial charge in [0.25, 0.3) is 0 Å². The Labute approximate surface area is 194 Å². The van der Waals surface area contributed by atoms with Gasteiger partial charge in [0.05, 0.1) is 11.5 Å². The molecule has 4 rings (SSSR count). The van der Waals surface area contributed by atoms with Crippen molar-refractivity contribution in [2.75, 3.05) is 19.6 Å². The Hall–Kier alpha value is -1.49. The van der Waals surface area contributed by atoms with Crippen LogP contribution in [0.1, 0.15) is 62.1 Å². The summed E-state index contributed by atoms with van der Waals surface area (Å²) in [6, 6.07) is 21.0. The molecular weight excluding hydrogens is 412 g/mol. The maximum Gasteiger partial charge on any atom is 0.231 e. The number of nitrogens with one attached hydrogen (secondary N) is 1. The fraction of sp³-hybridized carbons (Fsp3) is 0.480. The molecule has 2 fully saturated rings. The van der Waals surface area contributed by atoms with E-state index in [1.165, 1.54) is 30.4 Å². The van der Waals surface area contributed by atoms with Gasteiger partial charge in [0, 0.05) is 6.54 Å². The van der Waals surface area contributed by atoms with E-state index in [9.17, 15) is 4.79 Å². The fourth-order valence-electron chi connectivity index (χ4n) is 5.00. The third-order valence-corrected chi connectivity index (χ3v) is 6.61. The molecule has 1 saturated carbocycles. The third-order valence-electron chi connectivity index (χ3n) is 6.61. The fourth-order valence-corrected chi connectivity index (χ4v) is 5.00.